The first-order chi connectivity index (χ1) is 12.9. The molecule has 0 saturated carbocycles. The van der Waals surface area contributed by atoms with Crippen LogP contribution in [-0.2, 0) is 31.6 Å². The minimum atomic E-state index is -3.36. The minimum absolute atomic E-state index is 0.0353. The molecular weight excluding hydrogens is 359 g/mol. The van der Waals surface area contributed by atoms with Gasteiger partial charge in [0.05, 0.1) is 13.2 Å². The molecule has 2 aromatic rings. The van der Waals surface area contributed by atoms with Crippen LogP contribution >= 0.6 is 7.60 Å². The number of ether oxygens (including phenoxy) is 1. The summed E-state index contributed by atoms with van der Waals surface area (Å²) in [5, 5.41) is 0. The molecule has 0 N–H and O–H groups in total. The van der Waals surface area contributed by atoms with Crippen LogP contribution in [0.5, 0.6) is 0 Å². The number of hydrogen-bond acceptors (Lipinski definition) is 4. The molecule has 0 bridgehead atoms. The quantitative estimate of drug-likeness (QED) is 0.310. The van der Waals surface area contributed by atoms with Gasteiger partial charge in [0.25, 0.3) is 0 Å². The zero-order valence-corrected chi connectivity index (χ0v) is 17.5. The zero-order chi connectivity index (χ0) is 19.6. The molecule has 2 rings (SSSR count). The lowest BCUT2D eigenvalue weighted by Crippen LogP contribution is -2.14. The monoisotopic (exact) mass is 390 g/mol. The van der Waals surface area contributed by atoms with Crippen molar-refractivity contribution >= 4 is 7.60 Å². The lowest BCUT2D eigenvalue weighted by Gasteiger charge is -2.23. The van der Waals surface area contributed by atoms with Crippen LogP contribution in [-0.4, -0.2) is 13.0 Å². The molecule has 27 heavy (non-hydrogen) atoms. The molecule has 0 fully saturated rings. The number of benzene rings is 2. The second-order valence-electron chi connectivity index (χ2n) is 7.43. The summed E-state index contributed by atoms with van der Waals surface area (Å²) >= 11 is 0. The Labute approximate surface area is 163 Å². The standard InChI is InChI=1S/C22H31O4P/c1-4-22(2,3)15-16-24-19-27(23,25-17-20-11-7-5-8-12-20)26-18-21-13-9-6-10-14-21/h5-14H,4,15-19H2,1-3H3. The van der Waals surface area contributed by atoms with E-state index < -0.39 is 7.60 Å². The van der Waals surface area contributed by atoms with Gasteiger partial charge in [-0.1, -0.05) is 87.9 Å². The van der Waals surface area contributed by atoms with Gasteiger partial charge in [0.2, 0.25) is 0 Å². The Morgan fingerprint density at radius 1 is 0.852 bits per heavy atom. The van der Waals surface area contributed by atoms with E-state index in [1.807, 2.05) is 60.7 Å². The maximum Gasteiger partial charge on any atom is 0.356 e. The molecular formula is C22H31O4P. The summed E-state index contributed by atoms with van der Waals surface area (Å²) in [4.78, 5) is 0. The fourth-order valence-electron chi connectivity index (χ4n) is 2.31. The molecule has 0 heterocycles. The first kappa shape index (κ1) is 21.8. The Hall–Kier alpha value is -1.45. The van der Waals surface area contributed by atoms with Crippen molar-refractivity contribution in [2.75, 3.05) is 13.0 Å². The predicted octanol–water partition coefficient (Wildman–Crippen LogP) is 6.41. The molecule has 5 heteroatoms. The topological polar surface area (TPSA) is 44.8 Å². The number of rotatable bonds is 12. The van der Waals surface area contributed by atoms with Crippen LogP contribution in [0.15, 0.2) is 60.7 Å². The molecule has 0 radical (unpaired) electrons. The number of hydrogen-bond donors (Lipinski definition) is 0. The minimum Gasteiger partial charge on any atom is -0.369 e. The van der Waals surface area contributed by atoms with E-state index in [9.17, 15) is 4.57 Å². The van der Waals surface area contributed by atoms with Gasteiger partial charge < -0.3 is 13.8 Å². The van der Waals surface area contributed by atoms with Crippen LogP contribution in [0.1, 0.15) is 44.7 Å². The Balaban J connectivity index is 1.92. The van der Waals surface area contributed by atoms with Gasteiger partial charge in [0, 0.05) is 6.61 Å². The van der Waals surface area contributed by atoms with Gasteiger partial charge in [0.15, 0.2) is 0 Å². The third kappa shape index (κ3) is 8.40. The Kier molecular flexibility index (Phi) is 8.72. The Morgan fingerprint density at radius 2 is 1.33 bits per heavy atom. The molecule has 0 aliphatic heterocycles. The van der Waals surface area contributed by atoms with Crippen LogP contribution in [0.4, 0.5) is 0 Å². The van der Waals surface area contributed by atoms with Crippen LogP contribution in [0.3, 0.4) is 0 Å². The first-order valence-corrected chi connectivity index (χ1v) is 11.2. The van der Waals surface area contributed by atoms with Crippen LogP contribution in [0, 0.1) is 5.41 Å². The van der Waals surface area contributed by atoms with E-state index in [1.54, 1.807) is 0 Å². The van der Waals surface area contributed by atoms with E-state index in [1.165, 1.54) is 0 Å². The second kappa shape index (κ2) is 10.8. The van der Waals surface area contributed by atoms with Crippen LogP contribution in [0.2, 0.25) is 0 Å². The van der Waals surface area contributed by atoms with Gasteiger partial charge in [-0.3, -0.25) is 4.57 Å². The molecule has 0 amide bonds. The lowest BCUT2D eigenvalue weighted by atomic mass is 9.87. The molecule has 0 spiro atoms. The summed E-state index contributed by atoms with van der Waals surface area (Å²) in [5.74, 6) is 0. The zero-order valence-electron chi connectivity index (χ0n) is 16.6. The van der Waals surface area contributed by atoms with E-state index in [-0.39, 0.29) is 25.0 Å². The molecule has 0 aliphatic rings. The van der Waals surface area contributed by atoms with E-state index in [0.29, 0.717) is 6.61 Å². The van der Waals surface area contributed by atoms with Gasteiger partial charge in [-0.05, 0) is 23.0 Å². The van der Waals surface area contributed by atoms with Crippen molar-refractivity contribution in [3.63, 3.8) is 0 Å². The highest BCUT2D eigenvalue weighted by Crippen LogP contribution is 2.49. The SMILES string of the molecule is CCC(C)(C)CCOCP(=O)(OCc1ccccc1)OCc1ccccc1. The molecule has 0 aliphatic carbocycles. The average Bonchev–Trinajstić information content (AvgIpc) is 2.70. The molecule has 0 aromatic heterocycles. The van der Waals surface area contributed by atoms with E-state index >= 15 is 0 Å². The third-order valence-corrected chi connectivity index (χ3v) is 6.21. The van der Waals surface area contributed by atoms with Crippen molar-refractivity contribution in [2.45, 2.75) is 46.8 Å². The fourth-order valence-corrected chi connectivity index (χ4v) is 3.58. The molecule has 148 valence electrons. The van der Waals surface area contributed by atoms with Crippen molar-refractivity contribution in [3.05, 3.63) is 71.8 Å². The van der Waals surface area contributed by atoms with E-state index in [2.05, 4.69) is 20.8 Å². The maximum absolute atomic E-state index is 13.2. The van der Waals surface area contributed by atoms with Crippen molar-refractivity contribution in [2.24, 2.45) is 5.41 Å². The normalized spacial score (nSPS) is 12.3. The van der Waals surface area contributed by atoms with Crippen molar-refractivity contribution in [3.8, 4) is 0 Å². The van der Waals surface area contributed by atoms with Crippen LogP contribution in [0.25, 0.3) is 0 Å². The summed E-state index contributed by atoms with van der Waals surface area (Å²) in [7, 11) is -3.36. The maximum atomic E-state index is 13.2. The second-order valence-corrected chi connectivity index (χ2v) is 9.43. The highest BCUT2D eigenvalue weighted by Gasteiger charge is 2.26. The summed E-state index contributed by atoms with van der Waals surface area (Å²) in [6, 6.07) is 19.3. The summed E-state index contributed by atoms with van der Waals surface area (Å²) in [6.07, 6.45) is 1.94. The van der Waals surface area contributed by atoms with Gasteiger partial charge in [-0.25, -0.2) is 0 Å². The summed E-state index contributed by atoms with van der Waals surface area (Å²) in [5.41, 5.74) is 2.11. The van der Waals surface area contributed by atoms with Crippen molar-refractivity contribution in [1.29, 1.82) is 0 Å². The van der Waals surface area contributed by atoms with Crippen molar-refractivity contribution in [1.82, 2.24) is 0 Å². The van der Waals surface area contributed by atoms with Crippen LogP contribution < -0.4 is 0 Å². The summed E-state index contributed by atoms with van der Waals surface area (Å²) in [6.45, 7) is 7.57. The average molecular weight is 390 g/mol. The Bertz CT molecular complexity index is 653. The Morgan fingerprint density at radius 3 is 1.78 bits per heavy atom. The smallest absolute Gasteiger partial charge is 0.356 e. The molecule has 0 atom stereocenters. The first-order valence-electron chi connectivity index (χ1n) is 9.46. The lowest BCUT2D eigenvalue weighted by molar-refractivity contribution is 0.101. The van der Waals surface area contributed by atoms with Gasteiger partial charge in [-0.15, -0.1) is 0 Å². The van der Waals surface area contributed by atoms with Gasteiger partial charge in [0.1, 0.15) is 6.35 Å². The molecule has 4 nitrogen and oxygen atoms in total. The summed E-state index contributed by atoms with van der Waals surface area (Å²) < 4.78 is 30.3. The molecule has 0 unspecified atom stereocenters. The fraction of sp³-hybridized carbons (Fsp3) is 0.455. The van der Waals surface area contributed by atoms with E-state index in [4.69, 9.17) is 13.8 Å². The van der Waals surface area contributed by atoms with Gasteiger partial charge >= 0.3 is 7.60 Å². The highest BCUT2D eigenvalue weighted by atomic mass is 31.2. The van der Waals surface area contributed by atoms with E-state index in [0.717, 1.165) is 24.0 Å². The van der Waals surface area contributed by atoms with Gasteiger partial charge in [-0.2, -0.15) is 0 Å². The largest absolute Gasteiger partial charge is 0.369 e. The van der Waals surface area contributed by atoms with Crippen molar-refractivity contribution < 1.29 is 18.3 Å². The molecule has 0 saturated heterocycles. The predicted molar refractivity (Wildman–Crippen MR) is 110 cm³/mol. The highest BCUT2D eigenvalue weighted by molar-refractivity contribution is 7.53. The third-order valence-electron chi connectivity index (χ3n) is 4.67. The molecule has 2 aromatic carbocycles.